The fourth-order valence-electron chi connectivity index (χ4n) is 2.51. The Morgan fingerprint density at radius 3 is 2.64 bits per heavy atom. The zero-order valence-electron chi connectivity index (χ0n) is 13.4. The van der Waals surface area contributed by atoms with Crippen LogP contribution in [-0.4, -0.2) is 14.9 Å². The lowest BCUT2D eigenvalue weighted by Crippen LogP contribution is -2.15. The van der Waals surface area contributed by atoms with Crippen molar-refractivity contribution in [1.82, 2.24) is 9.97 Å². The predicted molar refractivity (Wildman–Crippen MR) is 96.8 cm³/mol. The van der Waals surface area contributed by atoms with E-state index in [1.165, 1.54) is 12.3 Å². The van der Waals surface area contributed by atoms with E-state index in [1.807, 2.05) is 36.4 Å². The SMILES string of the molecule is Cc1cc([N+](=O)[O-])cnc1NC(c1cccc(Cl)c1)c1ccccn1. The fraction of sp³-hybridized carbons (Fsp3) is 0.111. The van der Waals surface area contributed by atoms with E-state index in [9.17, 15) is 10.1 Å². The first-order valence-electron chi connectivity index (χ1n) is 7.58. The first kappa shape index (κ1) is 16.9. The second kappa shape index (κ2) is 7.27. The van der Waals surface area contributed by atoms with Gasteiger partial charge >= 0.3 is 0 Å². The third-order valence-electron chi connectivity index (χ3n) is 3.72. The molecule has 3 rings (SSSR count). The third kappa shape index (κ3) is 3.92. The van der Waals surface area contributed by atoms with Gasteiger partial charge in [0.2, 0.25) is 0 Å². The van der Waals surface area contributed by atoms with Crippen molar-refractivity contribution in [3.8, 4) is 0 Å². The lowest BCUT2D eigenvalue weighted by molar-refractivity contribution is -0.385. The standard InChI is InChI=1S/C18H15ClN4O2/c1-12-9-15(23(24)25)11-21-18(12)22-17(16-7-2-3-8-20-16)13-5-4-6-14(19)10-13/h2-11,17H,1H3,(H,21,22). The molecule has 0 aliphatic heterocycles. The molecule has 1 atom stereocenters. The Bertz CT molecular complexity index is 903. The van der Waals surface area contributed by atoms with Gasteiger partial charge in [-0.1, -0.05) is 29.8 Å². The van der Waals surface area contributed by atoms with Gasteiger partial charge in [0.25, 0.3) is 5.69 Å². The van der Waals surface area contributed by atoms with Crippen molar-refractivity contribution in [3.05, 3.63) is 92.9 Å². The number of anilines is 1. The van der Waals surface area contributed by atoms with Crippen LogP contribution >= 0.6 is 11.6 Å². The van der Waals surface area contributed by atoms with Crippen molar-refractivity contribution < 1.29 is 4.92 Å². The van der Waals surface area contributed by atoms with Crippen molar-refractivity contribution in [1.29, 1.82) is 0 Å². The molecule has 0 bridgehead atoms. The van der Waals surface area contributed by atoms with E-state index in [2.05, 4.69) is 15.3 Å². The van der Waals surface area contributed by atoms with Gasteiger partial charge in [0.1, 0.15) is 12.0 Å². The molecule has 0 aliphatic rings. The van der Waals surface area contributed by atoms with Crippen LogP contribution in [0.4, 0.5) is 11.5 Å². The Morgan fingerprint density at radius 1 is 1.16 bits per heavy atom. The van der Waals surface area contributed by atoms with Crippen molar-refractivity contribution in [2.24, 2.45) is 0 Å². The van der Waals surface area contributed by atoms with Gasteiger partial charge in [-0.15, -0.1) is 0 Å². The molecule has 1 unspecified atom stereocenters. The average Bonchev–Trinajstić information content (AvgIpc) is 2.61. The van der Waals surface area contributed by atoms with Gasteiger partial charge in [-0.2, -0.15) is 0 Å². The van der Waals surface area contributed by atoms with E-state index < -0.39 is 4.92 Å². The van der Waals surface area contributed by atoms with Gasteiger partial charge in [0, 0.05) is 17.3 Å². The Morgan fingerprint density at radius 2 is 2.00 bits per heavy atom. The topological polar surface area (TPSA) is 81.0 Å². The van der Waals surface area contributed by atoms with Crippen LogP contribution in [0.5, 0.6) is 0 Å². The molecule has 0 aliphatic carbocycles. The summed E-state index contributed by atoms with van der Waals surface area (Å²) in [5, 5.41) is 14.8. The lowest BCUT2D eigenvalue weighted by atomic mass is 10.0. The summed E-state index contributed by atoms with van der Waals surface area (Å²) in [6.45, 7) is 1.77. The highest BCUT2D eigenvalue weighted by molar-refractivity contribution is 6.30. The number of rotatable bonds is 5. The molecular formula is C18H15ClN4O2. The number of hydrogen-bond donors (Lipinski definition) is 1. The molecule has 0 amide bonds. The quantitative estimate of drug-likeness (QED) is 0.537. The van der Waals surface area contributed by atoms with Gasteiger partial charge in [-0.3, -0.25) is 15.1 Å². The van der Waals surface area contributed by atoms with Crippen LogP contribution in [0, 0.1) is 17.0 Å². The second-order valence-electron chi connectivity index (χ2n) is 5.50. The molecule has 0 fully saturated rings. The smallest absolute Gasteiger partial charge is 0.287 e. The van der Waals surface area contributed by atoms with Gasteiger partial charge < -0.3 is 5.32 Å². The molecule has 126 valence electrons. The van der Waals surface area contributed by atoms with Crippen LogP contribution < -0.4 is 5.32 Å². The number of aryl methyl sites for hydroxylation is 1. The summed E-state index contributed by atoms with van der Waals surface area (Å²) >= 11 is 6.13. The number of nitrogens with one attached hydrogen (secondary N) is 1. The highest BCUT2D eigenvalue weighted by Crippen LogP contribution is 2.28. The molecule has 25 heavy (non-hydrogen) atoms. The molecule has 0 spiro atoms. The van der Waals surface area contributed by atoms with Gasteiger partial charge in [-0.25, -0.2) is 4.98 Å². The van der Waals surface area contributed by atoms with Crippen molar-refractivity contribution in [2.75, 3.05) is 5.32 Å². The number of nitrogens with zero attached hydrogens (tertiary/aromatic N) is 3. The number of aromatic nitrogens is 2. The first-order chi connectivity index (χ1) is 12.0. The average molecular weight is 355 g/mol. The third-order valence-corrected chi connectivity index (χ3v) is 3.96. The highest BCUT2D eigenvalue weighted by atomic mass is 35.5. The van der Waals surface area contributed by atoms with Crippen molar-refractivity contribution in [2.45, 2.75) is 13.0 Å². The molecule has 1 N–H and O–H groups in total. The molecular weight excluding hydrogens is 340 g/mol. The summed E-state index contributed by atoms with van der Waals surface area (Å²) < 4.78 is 0. The summed E-state index contributed by atoms with van der Waals surface area (Å²) in [6.07, 6.45) is 2.95. The van der Waals surface area contributed by atoms with Crippen molar-refractivity contribution in [3.63, 3.8) is 0 Å². The fourth-order valence-corrected chi connectivity index (χ4v) is 2.71. The molecule has 0 radical (unpaired) electrons. The monoisotopic (exact) mass is 354 g/mol. The van der Waals surface area contributed by atoms with Gasteiger partial charge in [-0.05, 0) is 42.3 Å². The number of pyridine rings is 2. The maximum Gasteiger partial charge on any atom is 0.287 e. The maximum atomic E-state index is 10.9. The molecule has 0 saturated carbocycles. The second-order valence-corrected chi connectivity index (χ2v) is 5.94. The zero-order valence-corrected chi connectivity index (χ0v) is 14.1. The Labute approximate surface area is 149 Å². The van der Waals surface area contributed by atoms with Crippen LogP contribution in [0.2, 0.25) is 5.02 Å². The Balaban J connectivity index is 2.00. The van der Waals surface area contributed by atoms with Crippen molar-refractivity contribution >= 4 is 23.1 Å². The first-order valence-corrected chi connectivity index (χ1v) is 7.96. The highest BCUT2D eigenvalue weighted by Gasteiger charge is 2.18. The molecule has 7 heteroatoms. The van der Waals surface area contributed by atoms with Crippen LogP contribution in [0.3, 0.4) is 0 Å². The summed E-state index contributed by atoms with van der Waals surface area (Å²) in [7, 11) is 0. The molecule has 6 nitrogen and oxygen atoms in total. The molecule has 2 heterocycles. The Hall–Kier alpha value is -2.99. The summed E-state index contributed by atoms with van der Waals surface area (Å²) in [6, 6.07) is 14.3. The van der Waals surface area contributed by atoms with Gasteiger partial charge in [0.15, 0.2) is 0 Å². The number of benzene rings is 1. The number of nitro groups is 1. The van der Waals surface area contributed by atoms with Crippen LogP contribution in [0.1, 0.15) is 22.9 Å². The summed E-state index contributed by atoms with van der Waals surface area (Å²) in [5.41, 5.74) is 2.35. The minimum absolute atomic E-state index is 0.0415. The largest absolute Gasteiger partial charge is 0.357 e. The number of halogens is 1. The van der Waals surface area contributed by atoms with E-state index in [-0.39, 0.29) is 11.7 Å². The van der Waals surface area contributed by atoms with E-state index in [4.69, 9.17) is 11.6 Å². The lowest BCUT2D eigenvalue weighted by Gasteiger charge is -2.20. The molecule has 2 aromatic heterocycles. The van der Waals surface area contributed by atoms with E-state index in [1.54, 1.807) is 19.2 Å². The molecule has 1 aromatic carbocycles. The number of hydrogen-bond acceptors (Lipinski definition) is 5. The minimum atomic E-state index is -0.461. The van der Waals surface area contributed by atoms with E-state index in [0.717, 1.165) is 11.3 Å². The summed E-state index contributed by atoms with van der Waals surface area (Å²) in [4.78, 5) is 19.0. The Kier molecular flexibility index (Phi) is 4.90. The van der Waals surface area contributed by atoms with Crippen LogP contribution in [0.15, 0.2) is 60.9 Å². The molecule has 3 aromatic rings. The minimum Gasteiger partial charge on any atom is -0.357 e. The molecule has 0 saturated heterocycles. The van der Waals surface area contributed by atoms with Crippen LogP contribution in [0.25, 0.3) is 0 Å². The predicted octanol–water partition coefficient (Wildman–Crippen LogP) is 4.55. The van der Waals surface area contributed by atoms with E-state index in [0.29, 0.717) is 16.4 Å². The zero-order chi connectivity index (χ0) is 17.8. The van der Waals surface area contributed by atoms with Crippen LogP contribution in [-0.2, 0) is 0 Å². The normalized spacial score (nSPS) is 11.8. The van der Waals surface area contributed by atoms with Gasteiger partial charge in [0.05, 0.1) is 16.7 Å². The van der Waals surface area contributed by atoms with E-state index >= 15 is 0 Å². The summed E-state index contributed by atoms with van der Waals surface area (Å²) in [5.74, 6) is 0.557. The maximum absolute atomic E-state index is 10.9.